The predicted octanol–water partition coefficient (Wildman–Crippen LogP) is 0.467. The molecular weight excluding hydrogens is 200 g/mol. The second-order valence-electron chi connectivity index (χ2n) is 3.56. The molecule has 14 heavy (non-hydrogen) atoms. The Labute approximate surface area is 86.6 Å². The Hall–Kier alpha value is -0.390. The van der Waals surface area contributed by atoms with Crippen molar-refractivity contribution in [2.24, 2.45) is 11.7 Å². The number of sulfonamides is 1. The molecule has 0 aromatic heterocycles. The maximum Gasteiger partial charge on any atom is 0.211 e. The van der Waals surface area contributed by atoms with Crippen molar-refractivity contribution in [1.82, 2.24) is 4.72 Å². The Morgan fingerprint density at radius 3 is 2.50 bits per heavy atom. The van der Waals surface area contributed by atoms with Crippen LogP contribution >= 0.6 is 0 Å². The van der Waals surface area contributed by atoms with E-state index in [1.54, 1.807) is 12.2 Å². The Morgan fingerprint density at radius 2 is 2.00 bits per heavy atom. The SMILES string of the molecule is CC(C)CCS(=O)(=O)NC/C=C/CN. The minimum absolute atomic E-state index is 0.196. The molecule has 0 saturated heterocycles. The molecule has 0 aliphatic rings. The van der Waals surface area contributed by atoms with Gasteiger partial charge in [-0.2, -0.15) is 0 Å². The normalized spacial score (nSPS) is 12.9. The molecule has 0 atom stereocenters. The van der Waals surface area contributed by atoms with Crippen LogP contribution in [0.4, 0.5) is 0 Å². The van der Waals surface area contributed by atoms with Crippen LogP contribution in [0.5, 0.6) is 0 Å². The highest BCUT2D eigenvalue weighted by molar-refractivity contribution is 7.89. The van der Waals surface area contributed by atoms with Crippen molar-refractivity contribution >= 4 is 10.0 Å². The quantitative estimate of drug-likeness (QED) is 0.612. The summed E-state index contributed by atoms with van der Waals surface area (Å²) in [7, 11) is -3.10. The average molecular weight is 220 g/mol. The third-order valence-corrected chi connectivity index (χ3v) is 3.07. The van der Waals surface area contributed by atoms with Gasteiger partial charge in [0.25, 0.3) is 0 Å². The van der Waals surface area contributed by atoms with Gasteiger partial charge in [-0.3, -0.25) is 0 Å². The Bertz CT molecular complexity index is 258. The number of hydrogen-bond donors (Lipinski definition) is 2. The zero-order valence-electron chi connectivity index (χ0n) is 8.86. The monoisotopic (exact) mass is 220 g/mol. The zero-order chi connectivity index (χ0) is 11.0. The van der Waals surface area contributed by atoms with Gasteiger partial charge < -0.3 is 5.73 Å². The van der Waals surface area contributed by atoms with Gasteiger partial charge in [0.05, 0.1) is 5.75 Å². The van der Waals surface area contributed by atoms with Gasteiger partial charge in [-0.05, 0) is 12.3 Å². The van der Waals surface area contributed by atoms with Crippen LogP contribution in [0.2, 0.25) is 0 Å². The lowest BCUT2D eigenvalue weighted by molar-refractivity contribution is 0.565. The molecule has 0 amide bonds. The van der Waals surface area contributed by atoms with E-state index < -0.39 is 10.0 Å². The van der Waals surface area contributed by atoms with E-state index >= 15 is 0 Å². The summed E-state index contributed by atoms with van der Waals surface area (Å²) in [6.07, 6.45) is 4.13. The lowest BCUT2D eigenvalue weighted by Gasteiger charge is -2.06. The highest BCUT2D eigenvalue weighted by Gasteiger charge is 2.08. The fourth-order valence-electron chi connectivity index (χ4n) is 0.818. The molecule has 0 fully saturated rings. The van der Waals surface area contributed by atoms with E-state index in [9.17, 15) is 8.42 Å². The zero-order valence-corrected chi connectivity index (χ0v) is 9.68. The van der Waals surface area contributed by atoms with Gasteiger partial charge in [-0.25, -0.2) is 13.1 Å². The lowest BCUT2D eigenvalue weighted by atomic mass is 10.2. The predicted molar refractivity (Wildman–Crippen MR) is 59.4 cm³/mol. The molecule has 0 heterocycles. The van der Waals surface area contributed by atoms with Crippen LogP contribution in [-0.4, -0.2) is 27.3 Å². The van der Waals surface area contributed by atoms with Gasteiger partial charge in [0.2, 0.25) is 10.0 Å². The molecule has 0 aliphatic heterocycles. The van der Waals surface area contributed by atoms with Crippen LogP contribution < -0.4 is 10.5 Å². The van der Waals surface area contributed by atoms with E-state index in [0.717, 1.165) is 0 Å². The van der Waals surface area contributed by atoms with Crippen LogP contribution in [-0.2, 0) is 10.0 Å². The van der Waals surface area contributed by atoms with E-state index in [-0.39, 0.29) is 5.75 Å². The molecule has 0 saturated carbocycles. The number of hydrogen-bond acceptors (Lipinski definition) is 3. The Balaban J connectivity index is 3.79. The van der Waals surface area contributed by atoms with Crippen molar-refractivity contribution in [3.63, 3.8) is 0 Å². The molecule has 0 spiro atoms. The number of rotatable bonds is 7. The van der Waals surface area contributed by atoms with Gasteiger partial charge in [0.15, 0.2) is 0 Å². The summed E-state index contributed by atoms with van der Waals surface area (Å²) in [4.78, 5) is 0. The molecule has 0 aromatic rings. The smallest absolute Gasteiger partial charge is 0.211 e. The van der Waals surface area contributed by atoms with Crippen LogP contribution in [0.25, 0.3) is 0 Å². The summed E-state index contributed by atoms with van der Waals surface area (Å²) in [5.74, 6) is 0.604. The van der Waals surface area contributed by atoms with Crippen molar-refractivity contribution in [2.75, 3.05) is 18.8 Å². The first kappa shape index (κ1) is 13.6. The van der Waals surface area contributed by atoms with Crippen molar-refractivity contribution in [1.29, 1.82) is 0 Å². The summed E-state index contributed by atoms with van der Waals surface area (Å²) in [5, 5.41) is 0. The fourth-order valence-corrected chi connectivity index (χ4v) is 2.09. The number of nitrogens with one attached hydrogen (secondary N) is 1. The van der Waals surface area contributed by atoms with Gasteiger partial charge in [-0.15, -0.1) is 0 Å². The van der Waals surface area contributed by atoms with Gasteiger partial charge >= 0.3 is 0 Å². The van der Waals surface area contributed by atoms with Gasteiger partial charge in [-0.1, -0.05) is 26.0 Å². The van der Waals surface area contributed by atoms with Gasteiger partial charge in [0, 0.05) is 13.1 Å². The standard InChI is InChI=1S/C9H20N2O2S/c1-9(2)5-8-14(12,13)11-7-4-3-6-10/h3-4,9,11H,5-8,10H2,1-2H3/b4-3+. The molecule has 0 aliphatic carbocycles. The maximum absolute atomic E-state index is 11.3. The summed E-state index contributed by atoms with van der Waals surface area (Å²) < 4.78 is 25.1. The van der Waals surface area contributed by atoms with E-state index in [0.29, 0.717) is 25.4 Å². The maximum atomic E-state index is 11.3. The minimum Gasteiger partial charge on any atom is -0.327 e. The third-order valence-electron chi connectivity index (χ3n) is 1.69. The van der Waals surface area contributed by atoms with Crippen LogP contribution in [0, 0.1) is 5.92 Å². The van der Waals surface area contributed by atoms with Crippen LogP contribution in [0.15, 0.2) is 12.2 Å². The van der Waals surface area contributed by atoms with E-state index in [2.05, 4.69) is 4.72 Å². The molecule has 0 radical (unpaired) electrons. The second-order valence-corrected chi connectivity index (χ2v) is 5.48. The molecule has 84 valence electrons. The third kappa shape index (κ3) is 8.22. The molecule has 0 unspecified atom stereocenters. The molecule has 0 rings (SSSR count). The number of nitrogens with two attached hydrogens (primary N) is 1. The van der Waals surface area contributed by atoms with E-state index in [1.165, 1.54) is 0 Å². The topological polar surface area (TPSA) is 72.2 Å². The summed E-state index contributed by atoms with van der Waals surface area (Å²) in [6, 6.07) is 0. The van der Waals surface area contributed by atoms with Crippen molar-refractivity contribution < 1.29 is 8.42 Å². The molecule has 0 bridgehead atoms. The first-order chi connectivity index (χ1) is 6.48. The highest BCUT2D eigenvalue weighted by atomic mass is 32.2. The highest BCUT2D eigenvalue weighted by Crippen LogP contribution is 2.01. The summed E-state index contributed by atoms with van der Waals surface area (Å²) in [5.41, 5.74) is 5.21. The van der Waals surface area contributed by atoms with Gasteiger partial charge in [0.1, 0.15) is 0 Å². The molecular formula is C9H20N2O2S. The van der Waals surface area contributed by atoms with E-state index in [1.807, 2.05) is 13.8 Å². The first-order valence-corrected chi connectivity index (χ1v) is 6.45. The van der Waals surface area contributed by atoms with Crippen molar-refractivity contribution in [3.05, 3.63) is 12.2 Å². The second kappa shape index (κ2) is 6.98. The van der Waals surface area contributed by atoms with Crippen molar-refractivity contribution in [2.45, 2.75) is 20.3 Å². The molecule has 3 N–H and O–H groups in total. The summed E-state index contributed by atoms with van der Waals surface area (Å²) in [6.45, 7) is 4.78. The first-order valence-electron chi connectivity index (χ1n) is 4.80. The minimum atomic E-state index is -3.10. The Morgan fingerprint density at radius 1 is 1.36 bits per heavy atom. The largest absolute Gasteiger partial charge is 0.327 e. The average Bonchev–Trinajstić information content (AvgIpc) is 2.10. The fraction of sp³-hybridized carbons (Fsp3) is 0.778. The Kier molecular flexibility index (Phi) is 6.78. The van der Waals surface area contributed by atoms with E-state index in [4.69, 9.17) is 5.73 Å². The molecule has 4 nitrogen and oxygen atoms in total. The summed E-state index contributed by atoms with van der Waals surface area (Å²) >= 11 is 0. The molecule has 5 heteroatoms. The lowest BCUT2D eigenvalue weighted by Crippen LogP contribution is -2.27. The van der Waals surface area contributed by atoms with Crippen LogP contribution in [0.3, 0.4) is 0 Å². The van der Waals surface area contributed by atoms with Crippen molar-refractivity contribution in [3.8, 4) is 0 Å². The van der Waals surface area contributed by atoms with Crippen LogP contribution in [0.1, 0.15) is 20.3 Å². The molecule has 0 aromatic carbocycles.